The third-order valence-electron chi connectivity index (χ3n) is 7.77. The van der Waals surface area contributed by atoms with E-state index in [1.54, 1.807) is 6.20 Å². The Bertz CT molecular complexity index is 1000. The SMILES string of the molecule is O=C(NC1CC1)c1ccc(N2[C@@H]3CC[C@H]2CC(NC(=O)C2(c4ccccc4)CC2)C3)nc1. The minimum Gasteiger partial charge on any atom is -0.352 e. The third-order valence-corrected chi connectivity index (χ3v) is 7.77. The van der Waals surface area contributed by atoms with Gasteiger partial charge in [-0.25, -0.2) is 4.98 Å². The van der Waals surface area contributed by atoms with Gasteiger partial charge >= 0.3 is 0 Å². The largest absolute Gasteiger partial charge is 0.352 e. The maximum Gasteiger partial charge on any atom is 0.253 e. The summed E-state index contributed by atoms with van der Waals surface area (Å²) in [4.78, 5) is 32.5. The molecular weight excluding hydrogens is 400 g/mol. The predicted octanol–water partition coefficient (Wildman–Crippen LogP) is 3.32. The van der Waals surface area contributed by atoms with Gasteiger partial charge in [0.2, 0.25) is 5.91 Å². The molecule has 2 saturated carbocycles. The second-order valence-electron chi connectivity index (χ2n) is 10.0. The highest BCUT2D eigenvalue weighted by atomic mass is 16.2. The van der Waals surface area contributed by atoms with E-state index in [-0.39, 0.29) is 23.3 Å². The summed E-state index contributed by atoms with van der Waals surface area (Å²) in [6.45, 7) is 0. The molecule has 6 rings (SSSR count). The van der Waals surface area contributed by atoms with Crippen LogP contribution in [0.1, 0.15) is 67.3 Å². The molecule has 2 N–H and O–H groups in total. The molecule has 3 heterocycles. The smallest absolute Gasteiger partial charge is 0.253 e. The van der Waals surface area contributed by atoms with Gasteiger partial charge in [-0.05, 0) is 69.1 Å². The molecule has 2 saturated heterocycles. The van der Waals surface area contributed by atoms with Gasteiger partial charge in [0.15, 0.2) is 0 Å². The quantitative estimate of drug-likeness (QED) is 0.737. The van der Waals surface area contributed by atoms with Gasteiger partial charge in [0, 0.05) is 30.4 Å². The van der Waals surface area contributed by atoms with E-state index < -0.39 is 0 Å². The number of fused-ring (bicyclic) bond motifs is 2. The Kier molecular flexibility index (Phi) is 4.70. The predicted molar refractivity (Wildman–Crippen MR) is 123 cm³/mol. The number of aromatic nitrogens is 1. The number of carbonyl (C=O) groups is 2. The van der Waals surface area contributed by atoms with Crippen LogP contribution in [-0.2, 0) is 10.2 Å². The lowest BCUT2D eigenvalue weighted by atomic mass is 9.92. The minimum atomic E-state index is -0.310. The van der Waals surface area contributed by atoms with Crippen molar-refractivity contribution in [2.45, 2.75) is 80.9 Å². The summed E-state index contributed by atoms with van der Waals surface area (Å²) in [6.07, 6.45) is 9.93. The lowest BCUT2D eigenvalue weighted by Gasteiger charge is -2.40. The molecule has 3 atom stereocenters. The topological polar surface area (TPSA) is 74.3 Å². The molecule has 0 spiro atoms. The van der Waals surface area contributed by atoms with Gasteiger partial charge in [-0.2, -0.15) is 0 Å². The first-order valence-electron chi connectivity index (χ1n) is 12.0. The van der Waals surface area contributed by atoms with E-state index in [0.29, 0.717) is 23.7 Å². The molecule has 166 valence electrons. The highest BCUT2D eigenvalue weighted by Gasteiger charge is 2.52. The number of piperidine rings is 1. The number of nitrogens with zero attached hydrogens (tertiary/aromatic N) is 2. The number of nitrogens with one attached hydrogen (secondary N) is 2. The molecular formula is C26H30N4O2. The summed E-state index contributed by atoms with van der Waals surface area (Å²) in [7, 11) is 0. The van der Waals surface area contributed by atoms with Crippen molar-refractivity contribution in [3.8, 4) is 0 Å². The molecule has 32 heavy (non-hydrogen) atoms. The summed E-state index contributed by atoms with van der Waals surface area (Å²) in [6, 6.07) is 15.5. The van der Waals surface area contributed by atoms with Crippen LogP contribution in [0.25, 0.3) is 0 Å². The van der Waals surface area contributed by atoms with Gasteiger partial charge in [-0.15, -0.1) is 0 Å². The fourth-order valence-electron chi connectivity index (χ4n) is 5.69. The number of rotatable bonds is 6. The van der Waals surface area contributed by atoms with Gasteiger partial charge in [0.25, 0.3) is 5.91 Å². The Morgan fingerprint density at radius 1 is 0.875 bits per heavy atom. The second-order valence-corrected chi connectivity index (χ2v) is 10.0. The Balaban J connectivity index is 1.11. The number of hydrogen-bond donors (Lipinski definition) is 2. The van der Waals surface area contributed by atoms with Crippen LogP contribution in [0.4, 0.5) is 5.82 Å². The normalized spacial score (nSPS) is 27.6. The van der Waals surface area contributed by atoms with Crippen molar-refractivity contribution in [3.05, 3.63) is 59.8 Å². The number of carbonyl (C=O) groups excluding carboxylic acids is 2. The maximum absolute atomic E-state index is 13.2. The molecule has 1 unspecified atom stereocenters. The summed E-state index contributed by atoms with van der Waals surface area (Å²) in [5, 5.41) is 6.42. The van der Waals surface area contributed by atoms with Crippen molar-refractivity contribution in [1.82, 2.24) is 15.6 Å². The molecule has 2 amide bonds. The van der Waals surface area contributed by atoms with Crippen molar-refractivity contribution in [1.29, 1.82) is 0 Å². The van der Waals surface area contributed by atoms with Gasteiger partial charge in [0.05, 0.1) is 11.0 Å². The Hall–Kier alpha value is -2.89. The van der Waals surface area contributed by atoms with E-state index in [1.165, 1.54) is 0 Å². The molecule has 4 aliphatic rings. The summed E-state index contributed by atoms with van der Waals surface area (Å²) < 4.78 is 0. The van der Waals surface area contributed by atoms with Crippen molar-refractivity contribution in [2.24, 2.45) is 0 Å². The number of pyridine rings is 1. The highest BCUT2D eigenvalue weighted by molar-refractivity contribution is 5.94. The number of amides is 2. The summed E-state index contributed by atoms with van der Waals surface area (Å²) in [5.41, 5.74) is 1.47. The standard InChI is InChI=1S/C26H30N4O2/c31-24(28-19-7-8-19)17-6-11-23(27-16-17)30-21-9-10-22(30)15-20(14-21)29-25(32)26(12-13-26)18-4-2-1-3-5-18/h1-6,11,16,19-22H,7-10,12-15H2,(H,28,31)(H,29,32)/t20?,21-,22+. The van der Waals surface area contributed by atoms with Gasteiger partial charge in [0.1, 0.15) is 5.82 Å². The van der Waals surface area contributed by atoms with E-state index >= 15 is 0 Å². The lowest BCUT2D eigenvalue weighted by Crippen LogP contribution is -2.52. The molecule has 2 aromatic rings. The zero-order chi connectivity index (χ0) is 21.7. The van der Waals surface area contributed by atoms with Crippen molar-refractivity contribution < 1.29 is 9.59 Å². The number of anilines is 1. The summed E-state index contributed by atoms with van der Waals surface area (Å²) in [5.74, 6) is 1.13. The van der Waals surface area contributed by atoms with Crippen LogP contribution in [0.2, 0.25) is 0 Å². The van der Waals surface area contributed by atoms with Gasteiger partial charge < -0.3 is 15.5 Å². The molecule has 2 aliphatic carbocycles. The first-order valence-corrected chi connectivity index (χ1v) is 12.0. The van der Waals surface area contributed by atoms with Crippen molar-refractivity contribution >= 4 is 17.6 Å². The molecule has 2 bridgehead atoms. The van der Waals surface area contributed by atoms with Crippen LogP contribution in [0.5, 0.6) is 0 Å². The molecule has 1 aromatic carbocycles. The van der Waals surface area contributed by atoms with Gasteiger partial charge in [-0.1, -0.05) is 30.3 Å². The minimum absolute atomic E-state index is 0.0247. The highest BCUT2D eigenvalue weighted by Crippen LogP contribution is 2.49. The van der Waals surface area contributed by atoms with Crippen molar-refractivity contribution in [3.63, 3.8) is 0 Å². The number of benzene rings is 1. The van der Waals surface area contributed by atoms with E-state index in [9.17, 15) is 9.59 Å². The van der Waals surface area contributed by atoms with Crippen LogP contribution >= 0.6 is 0 Å². The Morgan fingerprint density at radius 3 is 2.19 bits per heavy atom. The molecule has 2 aliphatic heterocycles. The molecule has 0 radical (unpaired) electrons. The Morgan fingerprint density at radius 2 is 1.59 bits per heavy atom. The monoisotopic (exact) mass is 430 g/mol. The van der Waals surface area contributed by atoms with Crippen LogP contribution in [0, 0.1) is 0 Å². The molecule has 4 fully saturated rings. The lowest BCUT2D eigenvalue weighted by molar-refractivity contribution is -0.124. The van der Waals surface area contributed by atoms with E-state index in [4.69, 9.17) is 0 Å². The molecule has 6 heteroatoms. The van der Waals surface area contributed by atoms with Gasteiger partial charge in [-0.3, -0.25) is 9.59 Å². The molecule has 1 aromatic heterocycles. The van der Waals surface area contributed by atoms with Crippen molar-refractivity contribution in [2.75, 3.05) is 4.90 Å². The first-order chi connectivity index (χ1) is 15.6. The first kappa shape index (κ1) is 19.8. The van der Waals surface area contributed by atoms with Crippen LogP contribution in [0.3, 0.4) is 0 Å². The maximum atomic E-state index is 13.2. The average molecular weight is 431 g/mol. The van der Waals surface area contributed by atoms with E-state index in [0.717, 1.165) is 62.7 Å². The zero-order valence-corrected chi connectivity index (χ0v) is 18.3. The van der Waals surface area contributed by atoms with Crippen LogP contribution < -0.4 is 15.5 Å². The zero-order valence-electron chi connectivity index (χ0n) is 18.3. The second kappa shape index (κ2) is 7.61. The summed E-state index contributed by atoms with van der Waals surface area (Å²) >= 11 is 0. The Labute approximate surface area is 188 Å². The van der Waals surface area contributed by atoms with E-state index in [1.807, 2.05) is 30.3 Å². The van der Waals surface area contributed by atoms with Crippen LogP contribution in [-0.4, -0.2) is 41.0 Å². The average Bonchev–Trinajstić information content (AvgIpc) is 3.73. The van der Waals surface area contributed by atoms with Crippen LogP contribution in [0.15, 0.2) is 48.7 Å². The third kappa shape index (κ3) is 3.55. The fourth-order valence-corrected chi connectivity index (χ4v) is 5.69. The fraction of sp³-hybridized carbons (Fsp3) is 0.500. The molecule has 6 nitrogen and oxygen atoms in total. The number of hydrogen-bond acceptors (Lipinski definition) is 4. The van der Waals surface area contributed by atoms with E-state index in [2.05, 4.69) is 32.7 Å².